The highest BCUT2D eigenvalue weighted by atomic mass is 35.5. The van der Waals surface area contributed by atoms with E-state index >= 15 is 0 Å². The molecule has 0 aromatic heterocycles. The molecule has 42 heavy (non-hydrogen) atoms. The molecule has 4 aliphatic heterocycles. The molecule has 2 N–H and O–H groups in total. The Hall–Kier alpha value is -1.97. The molecule has 7 atom stereocenters. The summed E-state index contributed by atoms with van der Waals surface area (Å²) in [6.45, 7) is 7.05. The Morgan fingerprint density at radius 3 is 2.88 bits per heavy atom. The number of rotatable bonds is 6. The zero-order chi connectivity index (χ0) is 29.4. The number of hydrogen-bond donors (Lipinski definition) is 2. The second kappa shape index (κ2) is 12.6. The minimum absolute atomic E-state index is 0.0443. The number of likely N-dealkylation sites (N-methyl/N-ethyl adjacent to an activating group) is 1. The quantitative estimate of drug-likeness (QED) is 0.470. The van der Waals surface area contributed by atoms with Gasteiger partial charge < -0.3 is 14.5 Å². The molecule has 1 saturated carbocycles. The number of nitrogens with one attached hydrogen (secondary N) is 2. The lowest BCUT2D eigenvalue weighted by atomic mass is 9.72. The smallest absolute Gasteiger partial charge is 0.246 e. The van der Waals surface area contributed by atoms with Gasteiger partial charge in [-0.25, -0.2) is 0 Å². The van der Waals surface area contributed by atoms with E-state index < -0.39 is 11.1 Å². The number of benzene rings is 1. The van der Waals surface area contributed by atoms with Crippen molar-refractivity contribution < 1.29 is 14.3 Å². The predicted octanol–water partition coefficient (Wildman–Crippen LogP) is 2.99. The fourth-order valence-corrected chi connectivity index (χ4v) is 9.58. The first-order valence-corrected chi connectivity index (χ1v) is 16.4. The summed E-state index contributed by atoms with van der Waals surface area (Å²) in [5.74, 6) is 0.154. The maximum absolute atomic E-state index is 14.5. The van der Waals surface area contributed by atoms with Crippen LogP contribution in [0.3, 0.4) is 0 Å². The minimum Gasteiger partial charge on any atom is -0.348 e. The Balaban J connectivity index is 1.24. The standard InChI is InChI=1S/C31H41ClN6O3S/c1-3-26(39)38-17-16-37(18-20(38)11-14-33)29-23-10-13-31(12-9-22-24(32)7-4-8-25(22)42-31)28(40)27(23)34-30(35-29)41-19-21-6-5-15-36(21)2/h3-4,7-8,20-21,23,27,29-30,34-35H,1,5-6,9-13,15-19H2,2H3/t20?,21?,23?,27?,29?,30?,31-/m0/s1. The molecule has 6 rings (SSSR count). The number of hydrogen-bond acceptors (Lipinski definition) is 9. The number of nitrogens with zero attached hydrogens (tertiary/aromatic N) is 4. The van der Waals surface area contributed by atoms with Crippen LogP contribution < -0.4 is 10.6 Å². The van der Waals surface area contributed by atoms with Gasteiger partial charge in [-0.1, -0.05) is 24.2 Å². The summed E-state index contributed by atoms with van der Waals surface area (Å²) >= 11 is 8.22. The highest BCUT2D eigenvalue weighted by Crippen LogP contribution is 2.52. The number of carbonyl (C=O) groups is 2. The number of ether oxygens (including phenoxy) is 1. The minimum atomic E-state index is -0.484. The van der Waals surface area contributed by atoms with E-state index in [9.17, 15) is 14.9 Å². The van der Waals surface area contributed by atoms with Crippen LogP contribution in [0.15, 0.2) is 35.7 Å². The number of nitriles is 1. The zero-order valence-corrected chi connectivity index (χ0v) is 25.8. The van der Waals surface area contributed by atoms with Crippen molar-refractivity contribution in [1.29, 1.82) is 5.26 Å². The second-order valence-corrected chi connectivity index (χ2v) is 14.2. The van der Waals surface area contributed by atoms with Gasteiger partial charge in [-0.2, -0.15) is 5.26 Å². The highest BCUT2D eigenvalue weighted by molar-refractivity contribution is 8.01. The van der Waals surface area contributed by atoms with Gasteiger partial charge in [-0.05, 0) is 75.9 Å². The van der Waals surface area contributed by atoms with Crippen molar-refractivity contribution in [2.45, 2.75) is 85.2 Å². The maximum Gasteiger partial charge on any atom is 0.246 e. The molecule has 1 aromatic carbocycles. The summed E-state index contributed by atoms with van der Waals surface area (Å²) in [4.78, 5) is 34.6. The normalized spacial score (nSPS) is 35.5. The van der Waals surface area contributed by atoms with E-state index in [1.807, 2.05) is 12.1 Å². The number of Topliss-reactive ketones (excluding diaryl/α,β-unsaturated/α-hetero) is 1. The van der Waals surface area contributed by atoms with Crippen LogP contribution >= 0.6 is 23.4 Å². The van der Waals surface area contributed by atoms with E-state index in [0.29, 0.717) is 32.3 Å². The van der Waals surface area contributed by atoms with Crippen LogP contribution in [0, 0.1) is 17.2 Å². The summed E-state index contributed by atoms with van der Waals surface area (Å²) in [7, 11) is 2.14. The first kappa shape index (κ1) is 30.1. The molecule has 1 aliphatic carbocycles. The van der Waals surface area contributed by atoms with Crippen LogP contribution in [0.2, 0.25) is 5.02 Å². The SMILES string of the molecule is C=CC(=O)N1CCN(C2NC(OCC3CCCN3C)NC3C(=O)[C@]4(CCc5c(Cl)cccc5S4)CCC32)CC1CC#N. The van der Waals surface area contributed by atoms with Gasteiger partial charge >= 0.3 is 0 Å². The zero-order valence-electron chi connectivity index (χ0n) is 24.3. The Morgan fingerprint density at radius 1 is 1.26 bits per heavy atom. The number of thioether (sulfide) groups is 1. The summed E-state index contributed by atoms with van der Waals surface area (Å²) in [6.07, 6.45) is 6.55. The van der Waals surface area contributed by atoms with Gasteiger partial charge in [0, 0.05) is 41.5 Å². The third kappa shape index (κ3) is 5.65. The lowest BCUT2D eigenvalue weighted by Crippen LogP contribution is -2.75. The molecular formula is C31H41ClN6O3S. The van der Waals surface area contributed by atoms with E-state index in [1.54, 1.807) is 16.7 Å². The Bertz CT molecular complexity index is 1260. The van der Waals surface area contributed by atoms with Crippen molar-refractivity contribution in [3.05, 3.63) is 41.4 Å². The van der Waals surface area contributed by atoms with E-state index in [-0.39, 0.29) is 42.3 Å². The molecule has 6 unspecified atom stereocenters. The molecule has 11 heteroatoms. The number of carbonyl (C=O) groups excluding carboxylic acids is 2. The molecule has 1 spiro atoms. The lowest BCUT2D eigenvalue weighted by Gasteiger charge is -2.55. The van der Waals surface area contributed by atoms with Gasteiger partial charge in [0.2, 0.25) is 5.91 Å². The number of fused-ring (bicyclic) bond motifs is 2. The van der Waals surface area contributed by atoms with Gasteiger partial charge in [-0.15, -0.1) is 11.8 Å². The van der Waals surface area contributed by atoms with E-state index in [1.165, 1.54) is 12.5 Å². The van der Waals surface area contributed by atoms with E-state index in [2.05, 4.69) is 46.2 Å². The van der Waals surface area contributed by atoms with Crippen molar-refractivity contribution in [2.75, 3.05) is 39.8 Å². The largest absolute Gasteiger partial charge is 0.348 e. The van der Waals surface area contributed by atoms with Crippen LogP contribution in [0.5, 0.6) is 0 Å². The predicted molar refractivity (Wildman–Crippen MR) is 163 cm³/mol. The number of halogens is 1. The average molecular weight is 613 g/mol. The summed E-state index contributed by atoms with van der Waals surface area (Å²) in [5, 5.41) is 17.6. The molecule has 0 radical (unpaired) electrons. The second-order valence-electron chi connectivity index (χ2n) is 12.4. The monoisotopic (exact) mass is 612 g/mol. The number of likely N-dealkylation sites (tertiary alicyclic amines) is 1. The van der Waals surface area contributed by atoms with Crippen LogP contribution in [-0.4, -0.2) is 102 Å². The molecular weight excluding hydrogens is 572 g/mol. The summed E-state index contributed by atoms with van der Waals surface area (Å²) < 4.78 is 5.97. The molecule has 226 valence electrons. The van der Waals surface area contributed by atoms with Crippen molar-refractivity contribution in [3.63, 3.8) is 0 Å². The van der Waals surface area contributed by atoms with Crippen LogP contribution in [0.1, 0.15) is 44.1 Å². The fourth-order valence-electron chi connectivity index (χ4n) is 7.70. The van der Waals surface area contributed by atoms with Crippen LogP contribution in [0.25, 0.3) is 0 Å². The van der Waals surface area contributed by atoms with Gasteiger partial charge in [0.05, 0.1) is 42.1 Å². The third-order valence-electron chi connectivity index (χ3n) is 10.1. The Labute approximate surface area is 257 Å². The molecule has 1 aromatic rings. The van der Waals surface area contributed by atoms with Gasteiger partial charge in [0.1, 0.15) is 0 Å². The number of piperazine rings is 1. The molecule has 0 bridgehead atoms. The first-order valence-electron chi connectivity index (χ1n) is 15.2. The van der Waals surface area contributed by atoms with Crippen LogP contribution in [-0.2, 0) is 20.7 Å². The lowest BCUT2D eigenvalue weighted by molar-refractivity contribution is -0.145. The van der Waals surface area contributed by atoms with Crippen LogP contribution in [0.4, 0.5) is 0 Å². The van der Waals surface area contributed by atoms with Gasteiger partial charge in [0.25, 0.3) is 0 Å². The topological polar surface area (TPSA) is 101 Å². The number of amides is 1. The van der Waals surface area contributed by atoms with Crippen molar-refractivity contribution in [1.82, 2.24) is 25.3 Å². The molecule has 5 aliphatic rings. The summed E-state index contributed by atoms with van der Waals surface area (Å²) in [6, 6.07) is 8.04. The molecule has 4 fully saturated rings. The Morgan fingerprint density at radius 2 is 2.12 bits per heavy atom. The average Bonchev–Trinajstić information content (AvgIpc) is 3.42. The van der Waals surface area contributed by atoms with Crippen molar-refractivity contribution in [2.24, 2.45) is 5.92 Å². The van der Waals surface area contributed by atoms with E-state index in [0.717, 1.165) is 54.1 Å². The Kier molecular flexibility index (Phi) is 9.00. The maximum atomic E-state index is 14.5. The highest BCUT2D eigenvalue weighted by Gasteiger charge is 2.55. The van der Waals surface area contributed by atoms with Crippen molar-refractivity contribution in [3.8, 4) is 6.07 Å². The van der Waals surface area contributed by atoms with Crippen molar-refractivity contribution >= 4 is 35.1 Å². The first-order chi connectivity index (χ1) is 20.3. The van der Waals surface area contributed by atoms with Gasteiger partial charge in [0.15, 0.2) is 12.1 Å². The molecule has 9 nitrogen and oxygen atoms in total. The molecule has 3 saturated heterocycles. The molecule has 1 amide bonds. The number of ketones is 1. The fraction of sp³-hybridized carbons (Fsp3) is 0.645. The van der Waals surface area contributed by atoms with E-state index in [4.69, 9.17) is 16.3 Å². The summed E-state index contributed by atoms with van der Waals surface area (Å²) in [5.41, 5.74) is 1.15. The molecule has 4 heterocycles. The van der Waals surface area contributed by atoms with Gasteiger partial charge in [-0.3, -0.25) is 25.1 Å². The third-order valence-corrected chi connectivity index (χ3v) is 12.0.